The fourth-order valence-electron chi connectivity index (χ4n) is 0.904. The molecule has 1 aromatic carbocycles. The number of hydrogen-bond acceptors (Lipinski definition) is 2. The van der Waals surface area contributed by atoms with E-state index in [9.17, 15) is 4.79 Å². The highest BCUT2D eigenvalue weighted by Gasteiger charge is 2.03. The first-order valence-electron chi connectivity index (χ1n) is 3.66. The third-order valence-electron chi connectivity index (χ3n) is 1.69. The molecule has 0 bridgehead atoms. The van der Waals surface area contributed by atoms with Crippen LogP contribution in [0.3, 0.4) is 0 Å². The number of aldehydes is 1. The molecule has 0 radical (unpaired) electrons. The number of rotatable bonds is 0. The Morgan fingerprint density at radius 2 is 2.23 bits per heavy atom. The molecule has 0 aliphatic rings. The van der Waals surface area contributed by atoms with Crippen LogP contribution < -0.4 is 5.73 Å². The fourth-order valence-corrected chi connectivity index (χ4v) is 1.12. The monoisotopic (exact) mass is 193 g/mol. The summed E-state index contributed by atoms with van der Waals surface area (Å²) in [4.78, 5) is 10.00. The summed E-state index contributed by atoms with van der Waals surface area (Å²) in [7, 11) is 0. The first-order valence-corrected chi connectivity index (χ1v) is 4.04. The Kier molecular flexibility index (Phi) is 2.94. The predicted octanol–water partition coefficient (Wildman–Crippen LogP) is 1.78. The number of benzene rings is 1. The SMILES string of the molecule is Cc1c(N)ccc(C#CC=O)c1Cl. The van der Waals surface area contributed by atoms with E-state index in [2.05, 4.69) is 11.8 Å². The number of hydrogen-bond donors (Lipinski definition) is 1. The van der Waals surface area contributed by atoms with E-state index in [0.717, 1.165) is 5.56 Å². The van der Waals surface area contributed by atoms with Crippen LogP contribution in [0, 0.1) is 18.8 Å². The molecule has 0 aliphatic heterocycles. The van der Waals surface area contributed by atoms with E-state index in [1.807, 2.05) is 6.92 Å². The van der Waals surface area contributed by atoms with Crippen molar-refractivity contribution in [2.45, 2.75) is 6.92 Å². The van der Waals surface area contributed by atoms with Crippen molar-refractivity contribution in [3.8, 4) is 11.8 Å². The molecule has 2 nitrogen and oxygen atoms in total. The molecular weight excluding hydrogens is 186 g/mol. The lowest BCUT2D eigenvalue weighted by Crippen LogP contribution is -1.91. The highest BCUT2D eigenvalue weighted by atomic mass is 35.5. The second kappa shape index (κ2) is 3.97. The molecule has 2 N–H and O–H groups in total. The van der Waals surface area contributed by atoms with Gasteiger partial charge in [0.2, 0.25) is 0 Å². The molecule has 0 amide bonds. The molecule has 1 aromatic rings. The number of carbonyl (C=O) groups is 1. The van der Waals surface area contributed by atoms with Gasteiger partial charge in [-0.3, -0.25) is 4.79 Å². The van der Waals surface area contributed by atoms with Crippen LogP contribution in [0.1, 0.15) is 11.1 Å². The average molecular weight is 194 g/mol. The lowest BCUT2D eigenvalue weighted by Gasteiger charge is -2.03. The van der Waals surface area contributed by atoms with Crippen LogP contribution >= 0.6 is 11.6 Å². The zero-order valence-electron chi connectivity index (χ0n) is 7.10. The van der Waals surface area contributed by atoms with Gasteiger partial charge in [0.25, 0.3) is 0 Å². The molecule has 0 aliphatic carbocycles. The largest absolute Gasteiger partial charge is 0.398 e. The summed E-state index contributed by atoms with van der Waals surface area (Å²) < 4.78 is 0. The third-order valence-corrected chi connectivity index (χ3v) is 2.18. The van der Waals surface area contributed by atoms with Crippen LogP contribution in [0.25, 0.3) is 0 Å². The summed E-state index contributed by atoms with van der Waals surface area (Å²) in [6, 6.07) is 3.41. The van der Waals surface area contributed by atoms with Crippen LogP contribution in [-0.4, -0.2) is 6.29 Å². The van der Waals surface area contributed by atoms with Crippen molar-refractivity contribution < 1.29 is 4.79 Å². The minimum absolute atomic E-state index is 0.509. The second-order valence-corrected chi connectivity index (χ2v) is 2.91. The molecule has 0 saturated carbocycles. The lowest BCUT2D eigenvalue weighted by molar-refractivity contribution is -0.103. The molecule has 66 valence electrons. The van der Waals surface area contributed by atoms with Gasteiger partial charge >= 0.3 is 0 Å². The number of nitrogens with two attached hydrogens (primary N) is 1. The van der Waals surface area contributed by atoms with E-state index in [1.165, 1.54) is 0 Å². The zero-order valence-corrected chi connectivity index (χ0v) is 7.85. The number of halogens is 1. The molecule has 3 heteroatoms. The molecule has 0 atom stereocenters. The summed E-state index contributed by atoms with van der Waals surface area (Å²) in [6.45, 7) is 1.81. The van der Waals surface area contributed by atoms with Gasteiger partial charge < -0.3 is 5.73 Å². The lowest BCUT2D eigenvalue weighted by atomic mass is 10.1. The van der Waals surface area contributed by atoms with Gasteiger partial charge in [0.1, 0.15) is 0 Å². The fraction of sp³-hybridized carbons (Fsp3) is 0.100. The number of carbonyl (C=O) groups excluding carboxylic acids is 1. The summed E-state index contributed by atoms with van der Waals surface area (Å²) >= 11 is 5.94. The molecule has 0 heterocycles. The van der Waals surface area contributed by atoms with E-state index in [-0.39, 0.29) is 0 Å². The van der Waals surface area contributed by atoms with E-state index < -0.39 is 0 Å². The second-order valence-electron chi connectivity index (χ2n) is 2.53. The maximum Gasteiger partial charge on any atom is 0.193 e. The third kappa shape index (κ3) is 2.01. The van der Waals surface area contributed by atoms with Crippen LogP contribution in [-0.2, 0) is 4.79 Å². The predicted molar refractivity (Wildman–Crippen MR) is 53.5 cm³/mol. The van der Waals surface area contributed by atoms with Crippen molar-refractivity contribution in [2.75, 3.05) is 5.73 Å². The Balaban J connectivity index is 3.25. The number of anilines is 1. The first kappa shape index (κ1) is 9.63. The van der Waals surface area contributed by atoms with Gasteiger partial charge in [0.15, 0.2) is 6.29 Å². The Bertz CT molecular complexity index is 401. The van der Waals surface area contributed by atoms with Gasteiger partial charge in [-0.15, -0.1) is 0 Å². The summed E-state index contributed by atoms with van der Waals surface area (Å²) in [5, 5.41) is 0.509. The van der Waals surface area contributed by atoms with Crippen molar-refractivity contribution in [1.29, 1.82) is 0 Å². The van der Waals surface area contributed by atoms with Gasteiger partial charge in [-0.2, -0.15) is 0 Å². The van der Waals surface area contributed by atoms with Gasteiger partial charge in [-0.1, -0.05) is 17.5 Å². The Morgan fingerprint density at radius 1 is 1.54 bits per heavy atom. The normalized spacial score (nSPS) is 8.77. The first-order chi connectivity index (χ1) is 6.16. The molecule has 13 heavy (non-hydrogen) atoms. The Morgan fingerprint density at radius 3 is 2.85 bits per heavy atom. The van der Waals surface area contributed by atoms with E-state index >= 15 is 0 Å². The number of nitrogen functional groups attached to an aromatic ring is 1. The van der Waals surface area contributed by atoms with Gasteiger partial charge in [0.05, 0.1) is 5.02 Å². The smallest absolute Gasteiger partial charge is 0.193 e. The maximum absolute atomic E-state index is 10.00. The summed E-state index contributed by atoms with van der Waals surface area (Å²) in [5.74, 6) is 4.92. The maximum atomic E-state index is 10.00. The van der Waals surface area contributed by atoms with Gasteiger partial charge in [-0.25, -0.2) is 0 Å². The van der Waals surface area contributed by atoms with Crippen LogP contribution in [0.2, 0.25) is 5.02 Å². The standard InChI is InChI=1S/C10H8ClNO/c1-7-9(12)5-4-8(10(7)11)3-2-6-13/h4-6H,12H2,1H3. The van der Waals surface area contributed by atoms with E-state index in [4.69, 9.17) is 17.3 Å². The summed E-state index contributed by atoms with van der Waals surface area (Å²) in [5.41, 5.74) is 7.66. The van der Waals surface area contributed by atoms with E-state index in [1.54, 1.807) is 12.1 Å². The molecule has 0 saturated heterocycles. The topological polar surface area (TPSA) is 43.1 Å². The molecule has 1 rings (SSSR count). The van der Waals surface area contributed by atoms with Gasteiger partial charge in [-0.05, 0) is 30.5 Å². The van der Waals surface area contributed by atoms with Crippen LogP contribution in [0.5, 0.6) is 0 Å². The molecule has 0 fully saturated rings. The molecule has 0 aromatic heterocycles. The molecular formula is C10H8ClNO. The van der Waals surface area contributed by atoms with Crippen molar-refractivity contribution >= 4 is 23.6 Å². The highest BCUT2D eigenvalue weighted by molar-refractivity contribution is 6.32. The molecule has 0 unspecified atom stereocenters. The van der Waals surface area contributed by atoms with Crippen molar-refractivity contribution in [3.05, 3.63) is 28.3 Å². The average Bonchev–Trinajstić information content (AvgIpc) is 2.13. The Labute approximate surface area is 81.7 Å². The van der Waals surface area contributed by atoms with Crippen molar-refractivity contribution in [1.82, 2.24) is 0 Å². The highest BCUT2D eigenvalue weighted by Crippen LogP contribution is 2.24. The minimum Gasteiger partial charge on any atom is -0.398 e. The van der Waals surface area contributed by atoms with Crippen molar-refractivity contribution in [2.24, 2.45) is 0 Å². The molecule has 0 spiro atoms. The zero-order chi connectivity index (χ0) is 9.84. The minimum atomic E-state index is 0.509. The van der Waals surface area contributed by atoms with Gasteiger partial charge in [0, 0.05) is 11.3 Å². The quantitative estimate of drug-likeness (QED) is 0.388. The Hall–Kier alpha value is -1.46. The van der Waals surface area contributed by atoms with Crippen molar-refractivity contribution in [3.63, 3.8) is 0 Å². The summed E-state index contributed by atoms with van der Waals surface area (Å²) in [6.07, 6.45) is 0.530. The van der Waals surface area contributed by atoms with Crippen LogP contribution in [0.15, 0.2) is 12.1 Å². The van der Waals surface area contributed by atoms with E-state index in [0.29, 0.717) is 22.6 Å². The van der Waals surface area contributed by atoms with Crippen LogP contribution in [0.4, 0.5) is 5.69 Å².